The topological polar surface area (TPSA) is 89.2 Å². The van der Waals surface area contributed by atoms with E-state index in [9.17, 15) is 22.2 Å². The number of nitrogens with zero attached hydrogens (tertiary/aromatic N) is 4. The summed E-state index contributed by atoms with van der Waals surface area (Å²) >= 11 is 0. The van der Waals surface area contributed by atoms with Gasteiger partial charge in [-0.05, 0) is 49.7 Å². The highest BCUT2D eigenvalue weighted by Gasteiger charge is 2.27. The van der Waals surface area contributed by atoms with Crippen molar-refractivity contribution in [2.24, 2.45) is 4.36 Å². The minimum Gasteiger partial charge on any atom is -0.438 e. The number of alkyl halides is 2. The zero-order valence-electron chi connectivity index (χ0n) is 15.0. The van der Waals surface area contributed by atoms with E-state index >= 15 is 0 Å². The van der Waals surface area contributed by atoms with Crippen molar-refractivity contribution in [2.75, 3.05) is 5.32 Å². The van der Waals surface area contributed by atoms with E-state index in [4.69, 9.17) is 0 Å². The number of rotatable bonds is 3. The number of aryl methyl sites for hydroxylation is 2. The first kappa shape index (κ1) is 18.9. The van der Waals surface area contributed by atoms with Crippen molar-refractivity contribution < 1.29 is 22.2 Å². The first-order valence-electron chi connectivity index (χ1n) is 8.85. The Labute approximate surface area is 160 Å². The van der Waals surface area contributed by atoms with Crippen LogP contribution in [0.4, 0.5) is 23.7 Å². The van der Waals surface area contributed by atoms with E-state index in [1.165, 1.54) is 0 Å². The van der Waals surface area contributed by atoms with Crippen LogP contribution in [0.15, 0.2) is 15.6 Å². The van der Waals surface area contributed by atoms with Crippen LogP contribution < -0.4 is 5.32 Å². The van der Waals surface area contributed by atoms with Crippen LogP contribution in [0.3, 0.4) is 0 Å². The summed E-state index contributed by atoms with van der Waals surface area (Å²) in [7, 11) is -2.55. The number of amides is 2. The molecule has 150 valence electrons. The van der Waals surface area contributed by atoms with Gasteiger partial charge in [0.25, 0.3) is 0 Å². The van der Waals surface area contributed by atoms with Crippen LogP contribution in [0.2, 0.25) is 0 Å². The van der Waals surface area contributed by atoms with Gasteiger partial charge in [0, 0.05) is 23.3 Å². The Bertz CT molecular complexity index is 1020. The minimum absolute atomic E-state index is 0.0472. The van der Waals surface area contributed by atoms with E-state index in [0.29, 0.717) is 18.8 Å². The third-order valence-electron chi connectivity index (χ3n) is 4.85. The lowest BCUT2D eigenvalue weighted by molar-refractivity contribution is -0.0733. The Morgan fingerprint density at radius 2 is 1.82 bits per heavy atom. The van der Waals surface area contributed by atoms with Crippen molar-refractivity contribution in [3.63, 3.8) is 0 Å². The van der Waals surface area contributed by atoms with Gasteiger partial charge in [0.15, 0.2) is 0 Å². The van der Waals surface area contributed by atoms with Crippen LogP contribution in [0, 0.1) is 5.82 Å². The number of urea groups is 1. The molecule has 2 aliphatic carbocycles. The number of halogens is 3. The molecule has 28 heavy (non-hydrogen) atoms. The molecule has 7 nitrogen and oxygen atoms in total. The van der Waals surface area contributed by atoms with Crippen molar-refractivity contribution >= 4 is 22.3 Å². The molecule has 1 N–H and O–H groups in total. The zero-order valence-corrected chi connectivity index (χ0v) is 15.8. The number of anilines is 1. The molecular weight excluding hydrogens is 395 g/mol. The molecule has 2 heterocycles. The van der Waals surface area contributed by atoms with E-state index in [1.54, 1.807) is 0 Å². The third-order valence-corrected chi connectivity index (χ3v) is 5.79. The SMILES string of the molecule is CC(F)(F)n1cc(F)c([S-](=O)=NC(=O)Nc2c3c(nc4c2CCC4)CCC3)n1. The fraction of sp³-hybridized carbons (Fsp3) is 0.471. The normalized spacial score (nSPS) is 16.9. The molecule has 0 fully saturated rings. The molecule has 0 saturated carbocycles. The number of fused-ring (bicyclic) bond motifs is 2. The lowest BCUT2D eigenvalue weighted by atomic mass is 10.1. The molecule has 4 rings (SSSR count). The summed E-state index contributed by atoms with van der Waals surface area (Å²) in [6.07, 6.45) is 5.52. The van der Waals surface area contributed by atoms with Gasteiger partial charge in [0.05, 0.1) is 11.9 Å². The van der Waals surface area contributed by atoms with Crippen LogP contribution in [-0.4, -0.2) is 20.8 Å². The summed E-state index contributed by atoms with van der Waals surface area (Å²) in [5.74, 6) is -1.22. The van der Waals surface area contributed by atoms with Crippen molar-refractivity contribution in [3.8, 4) is 0 Å². The van der Waals surface area contributed by atoms with Gasteiger partial charge in [-0.15, -0.1) is 10.6 Å². The molecule has 2 amide bonds. The number of aromatic nitrogens is 3. The van der Waals surface area contributed by atoms with Gasteiger partial charge in [0.1, 0.15) is 5.82 Å². The first-order valence-corrected chi connectivity index (χ1v) is 9.96. The Balaban J connectivity index is 1.62. The second-order valence-electron chi connectivity index (χ2n) is 6.88. The predicted molar refractivity (Wildman–Crippen MR) is 94.1 cm³/mol. The van der Waals surface area contributed by atoms with Crippen molar-refractivity contribution in [1.29, 1.82) is 0 Å². The number of carbonyl (C=O) groups excluding carboxylic acids is 1. The Morgan fingerprint density at radius 1 is 1.21 bits per heavy atom. The molecule has 0 bridgehead atoms. The molecule has 0 spiro atoms. The zero-order chi connectivity index (χ0) is 20.1. The highest BCUT2D eigenvalue weighted by atomic mass is 32.2. The molecule has 0 unspecified atom stereocenters. The van der Waals surface area contributed by atoms with Crippen LogP contribution in [-0.2, 0) is 46.5 Å². The average molecular weight is 412 g/mol. The fourth-order valence-electron chi connectivity index (χ4n) is 3.64. The molecule has 0 aliphatic heterocycles. The Morgan fingerprint density at radius 3 is 2.36 bits per heavy atom. The Kier molecular flexibility index (Phi) is 4.64. The summed E-state index contributed by atoms with van der Waals surface area (Å²) in [5.41, 5.74) is 4.46. The van der Waals surface area contributed by atoms with E-state index in [-0.39, 0.29) is 4.68 Å². The third kappa shape index (κ3) is 3.38. The second-order valence-corrected chi connectivity index (χ2v) is 7.95. The maximum Gasteiger partial charge on any atom is 0.340 e. The molecule has 0 aromatic carbocycles. The lowest BCUT2D eigenvalue weighted by Gasteiger charge is -2.14. The summed E-state index contributed by atoms with van der Waals surface area (Å²) in [6, 6.07) is -4.41. The van der Waals surface area contributed by atoms with Gasteiger partial charge in [0.2, 0.25) is 0 Å². The van der Waals surface area contributed by atoms with Crippen molar-refractivity contribution in [1.82, 2.24) is 14.8 Å². The maximum atomic E-state index is 13.8. The average Bonchev–Trinajstić information content (AvgIpc) is 3.32. The van der Waals surface area contributed by atoms with Gasteiger partial charge in [-0.1, -0.05) is 0 Å². The van der Waals surface area contributed by atoms with Crippen molar-refractivity contribution in [3.05, 3.63) is 34.5 Å². The molecule has 2 aromatic heterocycles. The molecular formula is C17H17F3N5O2S-. The maximum absolute atomic E-state index is 13.8. The number of hydrogen-bond acceptors (Lipinski definition) is 5. The highest BCUT2D eigenvalue weighted by Crippen LogP contribution is 2.36. The van der Waals surface area contributed by atoms with E-state index < -0.39 is 33.5 Å². The number of carbonyl (C=O) groups is 1. The Hall–Kier alpha value is -2.43. The smallest absolute Gasteiger partial charge is 0.340 e. The molecule has 2 aliphatic rings. The lowest BCUT2D eigenvalue weighted by Crippen LogP contribution is -2.18. The van der Waals surface area contributed by atoms with Gasteiger partial charge < -0.3 is 13.9 Å². The van der Waals surface area contributed by atoms with Crippen LogP contribution in [0.1, 0.15) is 42.3 Å². The van der Waals surface area contributed by atoms with E-state index in [2.05, 4.69) is 19.8 Å². The van der Waals surface area contributed by atoms with Crippen LogP contribution in [0.25, 0.3) is 0 Å². The second kappa shape index (κ2) is 6.87. The van der Waals surface area contributed by atoms with Crippen LogP contribution in [0.5, 0.6) is 0 Å². The van der Waals surface area contributed by atoms with Crippen molar-refractivity contribution in [2.45, 2.75) is 56.5 Å². The minimum atomic E-state index is -3.47. The van der Waals surface area contributed by atoms with E-state index in [0.717, 1.165) is 61.0 Å². The molecule has 0 saturated heterocycles. The van der Waals surface area contributed by atoms with Crippen LogP contribution >= 0.6 is 0 Å². The molecule has 11 heteroatoms. The largest absolute Gasteiger partial charge is 0.438 e. The summed E-state index contributed by atoms with van der Waals surface area (Å²) in [5, 5.41) is 5.10. The summed E-state index contributed by atoms with van der Waals surface area (Å²) in [6.45, 7) is 0.514. The standard InChI is InChI=1S/C17H17F3N5O2S/c1-17(19,20)25-8-11(18)15(23-25)28(27)24-16(26)22-14-9-4-2-6-12(9)21-13-7-3-5-10(13)14/h8H,2-7H2,1H3,(H,21,22,26)/q-1. The van der Waals surface area contributed by atoms with E-state index in [1.807, 2.05) is 0 Å². The summed E-state index contributed by atoms with van der Waals surface area (Å²) in [4.78, 5) is 17.0. The predicted octanol–water partition coefficient (Wildman–Crippen LogP) is 3.70. The van der Waals surface area contributed by atoms with Gasteiger partial charge in [-0.3, -0.25) is 4.98 Å². The molecule has 0 atom stereocenters. The fourth-order valence-corrected chi connectivity index (χ4v) is 4.30. The van der Waals surface area contributed by atoms with Gasteiger partial charge in [-0.25, -0.2) is 13.9 Å². The molecule has 0 radical (unpaired) electrons. The molecule has 2 aromatic rings. The van der Waals surface area contributed by atoms with Gasteiger partial charge in [-0.2, -0.15) is 13.9 Å². The summed E-state index contributed by atoms with van der Waals surface area (Å²) < 4.78 is 55.9. The number of pyridine rings is 1. The number of hydrogen-bond donors (Lipinski definition) is 1. The first-order chi connectivity index (χ1) is 13.2. The quantitative estimate of drug-likeness (QED) is 0.779. The number of nitrogens with one attached hydrogen (secondary N) is 1. The highest BCUT2D eigenvalue weighted by molar-refractivity contribution is 7.75. The van der Waals surface area contributed by atoms with Gasteiger partial charge >= 0.3 is 12.1 Å². The monoisotopic (exact) mass is 412 g/mol.